The van der Waals surface area contributed by atoms with Crippen molar-refractivity contribution >= 4 is 27.4 Å². The number of ether oxygens (including phenoxy) is 4. The second kappa shape index (κ2) is 10.1. The summed E-state index contributed by atoms with van der Waals surface area (Å²) in [5.41, 5.74) is 0.946. The zero-order valence-corrected chi connectivity index (χ0v) is 21.2. The molecule has 0 aliphatic carbocycles. The van der Waals surface area contributed by atoms with E-state index in [4.69, 9.17) is 18.9 Å². The second-order valence-corrected chi connectivity index (χ2v) is 10.2. The third kappa shape index (κ3) is 4.85. The molecule has 37 heavy (non-hydrogen) atoms. The fraction of sp³-hybridized carbons (Fsp3) is 0.280. The van der Waals surface area contributed by atoms with Crippen molar-refractivity contribution in [3.05, 3.63) is 60.3 Å². The molecule has 0 atom stereocenters. The number of hydrogen-bond acceptors (Lipinski definition) is 9. The van der Waals surface area contributed by atoms with E-state index < -0.39 is 10.0 Å². The molecule has 194 valence electrons. The standard InChI is InChI=1S/C25H26N4O7S/c1-33-18-6-8-23(22(15-18)34-2)37(31,32)29-12-10-28(11-13-29)24-19(4-3-9-26-24)27-25(30)17-5-7-20-21(14-17)36-16-35-20/h3-9,14-15H,10-13,16H2,1-2H3,(H,27,30). The molecule has 1 aromatic heterocycles. The number of nitrogens with zero attached hydrogens (tertiary/aromatic N) is 3. The first-order valence-electron chi connectivity index (χ1n) is 11.5. The summed E-state index contributed by atoms with van der Waals surface area (Å²) in [5.74, 6) is 2.09. The Morgan fingerprint density at radius 3 is 2.51 bits per heavy atom. The molecule has 3 aromatic rings. The lowest BCUT2D eigenvalue weighted by Gasteiger charge is -2.35. The van der Waals surface area contributed by atoms with Gasteiger partial charge in [-0.15, -0.1) is 0 Å². The van der Waals surface area contributed by atoms with Crippen LogP contribution in [0.1, 0.15) is 10.4 Å². The number of hydrogen-bond donors (Lipinski definition) is 1. The minimum absolute atomic E-state index is 0.0822. The highest BCUT2D eigenvalue weighted by Crippen LogP contribution is 2.34. The van der Waals surface area contributed by atoms with Crippen LogP contribution in [0.2, 0.25) is 0 Å². The second-order valence-electron chi connectivity index (χ2n) is 8.30. The maximum atomic E-state index is 13.4. The average molecular weight is 527 g/mol. The molecule has 0 spiro atoms. The molecule has 11 nitrogen and oxygen atoms in total. The molecule has 0 unspecified atom stereocenters. The van der Waals surface area contributed by atoms with Gasteiger partial charge in [-0.25, -0.2) is 13.4 Å². The van der Waals surface area contributed by atoms with Gasteiger partial charge in [0.2, 0.25) is 16.8 Å². The van der Waals surface area contributed by atoms with E-state index in [1.54, 1.807) is 48.7 Å². The molecule has 1 N–H and O–H groups in total. The summed E-state index contributed by atoms with van der Waals surface area (Å²) in [6.45, 7) is 1.39. The summed E-state index contributed by atoms with van der Waals surface area (Å²) in [4.78, 5) is 19.4. The summed E-state index contributed by atoms with van der Waals surface area (Å²) in [5, 5.41) is 2.91. The molecule has 0 bridgehead atoms. The van der Waals surface area contributed by atoms with Crippen molar-refractivity contribution in [3.8, 4) is 23.0 Å². The number of nitrogens with one attached hydrogen (secondary N) is 1. The number of fused-ring (bicyclic) bond motifs is 1. The van der Waals surface area contributed by atoms with Crippen LogP contribution in [-0.4, -0.2) is 70.8 Å². The van der Waals surface area contributed by atoms with E-state index in [9.17, 15) is 13.2 Å². The van der Waals surface area contributed by atoms with E-state index in [2.05, 4.69) is 10.3 Å². The molecule has 1 amide bonds. The van der Waals surface area contributed by atoms with E-state index >= 15 is 0 Å². The van der Waals surface area contributed by atoms with E-state index in [1.165, 1.54) is 24.6 Å². The van der Waals surface area contributed by atoms with Crippen LogP contribution in [0.4, 0.5) is 11.5 Å². The predicted molar refractivity (Wildman–Crippen MR) is 135 cm³/mol. The number of benzene rings is 2. The van der Waals surface area contributed by atoms with Crippen molar-refractivity contribution in [1.82, 2.24) is 9.29 Å². The van der Waals surface area contributed by atoms with Crippen molar-refractivity contribution in [2.75, 3.05) is 57.4 Å². The van der Waals surface area contributed by atoms with Crippen LogP contribution in [0, 0.1) is 0 Å². The smallest absolute Gasteiger partial charge is 0.255 e. The molecule has 2 aliphatic heterocycles. The summed E-state index contributed by atoms with van der Waals surface area (Å²) in [6.07, 6.45) is 1.64. The van der Waals surface area contributed by atoms with Crippen molar-refractivity contribution in [1.29, 1.82) is 0 Å². The number of sulfonamides is 1. The molecular weight excluding hydrogens is 500 g/mol. The van der Waals surface area contributed by atoms with Crippen molar-refractivity contribution < 1.29 is 32.2 Å². The Hall–Kier alpha value is -4.03. The van der Waals surface area contributed by atoms with Crippen LogP contribution in [0.15, 0.2) is 59.6 Å². The van der Waals surface area contributed by atoms with E-state index in [1.807, 2.05) is 4.90 Å². The van der Waals surface area contributed by atoms with Gasteiger partial charge in [0.1, 0.15) is 16.4 Å². The Morgan fingerprint density at radius 1 is 0.973 bits per heavy atom. The van der Waals surface area contributed by atoms with Gasteiger partial charge in [-0.3, -0.25) is 4.79 Å². The van der Waals surface area contributed by atoms with Gasteiger partial charge in [-0.1, -0.05) is 0 Å². The highest BCUT2D eigenvalue weighted by Gasteiger charge is 2.32. The molecule has 3 heterocycles. The maximum Gasteiger partial charge on any atom is 0.255 e. The Morgan fingerprint density at radius 2 is 1.76 bits per heavy atom. The number of amides is 1. The van der Waals surface area contributed by atoms with Crippen molar-refractivity contribution in [3.63, 3.8) is 0 Å². The van der Waals surface area contributed by atoms with Crippen LogP contribution < -0.4 is 29.2 Å². The molecule has 5 rings (SSSR count). The molecule has 1 fully saturated rings. The van der Waals surface area contributed by atoms with Gasteiger partial charge >= 0.3 is 0 Å². The average Bonchev–Trinajstić information content (AvgIpc) is 3.41. The fourth-order valence-electron chi connectivity index (χ4n) is 4.25. The van der Waals surface area contributed by atoms with Crippen LogP contribution in [0.5, 0.6) is 23.0 Å². The number of carbonyl (C=O) groups is 1. The van der Waals surface area contributed by atoms with E-state index in [0.717, 1.165) is 0 Å². The number of carbonyl (C=O) groups excluding carboxylic acids is 1. The first-order valence-corrected chi connectivity index (χ1v) is 13.0. The summed E-state index contributed by atoms with van der Waals surface area (Å²) >= 11 is 0. The third-order valence-corrected chi connectivity index (χ3v) is 8.13. The monoisotopic (exact) mass is 526 g/mol. The van der Waals surface area contributed by atoms with Crippen molar-refractivity contribution in [2.45, 2.75) is 4.90 Å². The predicted octanol–water partition coefficient (Wildman–Crippen LogP) is 2.59. The van der Waals surface area contributed by atoms with Crippen molar-refractivity contribution in [2.24, 2.45) is 0 Å². The Bertz CT molecular complexity index is 1420. The normalized spacial score (nSPS) is 15.4. The zero-order chi connectivity index (χ0) is 26.0. The highest BCUT2D eigenvalue weighted by molar-refractivity contribution is 7.89. The molecule has 0 radical (unpaired) electrons. The lowest BCUT2D eigenvalue weighted by molar-refractivity contribution is 0.102. The number of aromatic nitrogens is 1. The first-order chi connectivity index (χ1) is 17.9. The van der Waals surface area contributed by atoms with Crippen LogP contribution in [0.3, 0.4) is 0 Å². The van der Waals surface area contributed by atoms with E-state index in [0.29, 0.717) is 47.4 Å². The number of methoxy groups -OCH3 is 2. The van der Waals surface area contributed by atoms with Gasteiger partial charge in [-0.2, -0.15) is 4.31 Å². The zero-order valence-electron chi connectivity index (χ0n) is 20.3. The van der Waals surface area contributed by atoms with Gasteiger partial charge < -0.3 is 29.2 Å². The van der Waals surface area contributed by atoms with Crippen LogP contribution >= 0.6 is 0 Å². The van der Waals surface area contributed by atoms with Gasteiger partial charge in [-0.05, 0) is 42.5 Å². The lowest BCUT2D eigenvalue weighted by atomic mass is 10.2. The minimum atomic E-state index is -3.79. The molecule has 12 heteroatoms. The number of rotatable bonds is 7. The third-order valence-electron chi connectivity index (χ3n) is 6.20. The summed E-state index contributed by atoms with van der Waals surface area (Å²) < 4.78 is 49.3. The molecule has 2 aromatic carbocycles. The van der Waals surface area contributed by atoms with E-state index in [-0.39, 0.29) is 36.4 Å². The van der Waals surface area contributed by atoms with Gasteiger partial charge in [0.05, 0.1) is 19.9 Å². The fourth-order valence-corrected chi connectivity index (χ4v) is 5.80. The number of pyridine rings is 1. The Balaban J connectivity index is 1.30. The Kier molecular flexibility index (Phi) is 6.76. The largest absolute Gasteiger partial charge is 0.497 e. The maximum absolute atomic E-state index is 13.4. The summed E-state index contributed by atoms with van der Waals surface area (Å²) in [6, 6.07) is 13.1. The topological polar surface area (TPSA) is 120 Å². The number of anilines is 2. The highest BCUT2D eigenvalue weighted by atomic mass is 32.2. The lowest BCUT2D eigenvalue weighted by Crippen LogP contribution is -2.49. The Labute approximate surface area is 214 Å². The van der Waals surface area contributed by atoms with Gasteiger partial charge in [0.25, 0.3) is 5.91 Å². The van der Waals surface area contributed by atoms with Gasteiger partial charge in [0.15, 0.2) is 17.3 Å². The summed E-state index contributed by atoms with van der Waals surface area (Å²) in [7, 11) is -0.863. The van der Waals surface area contributed by atoms with Gasteiger partial charge in [0, 0.05) is 44.0 Å². The number of piperazine rings is 1. The molecule has 0 saturated carbocycles. The SMILES string of the molecule is COc1ccc(S(=O)(=O)N2CCN(c3ncccc3NC(=O)c3ccc4c(c3)OCO4)CC2)c(OC)c1. The molecular formula is C25H26N4O7S. The molecule has 1 saturated heterocycles. The van der Waals surface area contributed by atoms with Crippen LogP contribution in [-0.2, 0) is 10.0 Å². The quantitative estimate of drug-likeness (QED) is 0.495. The first kappa shape index (κ1) is 24.7. The minimum Gasteiger partial charge on any atom is -0.497 e. The molecule has 2 aliphatic rings. The van der Waals surface area contributed by atoms with Crippen LogP contribution in [0.25, 0.3) is 0 Å².